The second-order valence-corrected chi connectivity index (χ2v) is 4.97. The molecule has 7 nitrogen and oxygen atoms in total. The molecule has 0 saturated carbocycles. The third-order valence-corrected chi connectivity index (χ3v) is 3.67. The Morgan fingerprint density at radius 2 is 2.18 bits per heavy atom. The van der Waals surface area contributed by atoms with Crippen LogP contribution in [0.25, 0.3) is 11.0 Å². The number of thioether (sulfide) groups is 1. The number of hydrogen-bond donors (Lipinski definition) is 3. The van der Waals surface area contributed by atoms with Gasteiger partial charge in [-0.05, 0) is 0 Å². The van der Waals surface area contributed by atoms with Crippen molar-refractivity contribution in [2.75, 3.05) is 34.9 Å². The van der Waals surface area contributed by atoms with Gasteiger partial charge in [-0.3, -0.25) is 10.5 Å². The average molecular weight is 251 g/mol. The Kier molecular flexibility index (Phi) is 2.73. The molecule has 1 aliphatic rings. The summed E-state index contributed by atoms with van der Waals surface area (Å²) in [7, 11) is 0. The Morgan fingerprint density at radius 1 is 1.35 bits per heavy atom. The summed E-state index contributed by atoms with van der Waals surface area (Å²) in [6.07, 6.45) is 1.76. The number of H-pyrrole nitrogens is 1. The molecule has 0 radical (unpaired) electrons. The van der Waals surface area contributed by atoms with Crippen LogP contribution < -0.4 is 16.2 Å². The molecule has 1 fully saturated rings. The fourth-order valence-electron chi connectivity index (χ4n) is 1.90. The van der Waals surface area contributed by atoms with Gasteiger partial charge in [-0.25, -0.2) is 5.84 Å². The topological polar surface area (TPSA) is 95.7 Å². The Morgan fingerprint density at radius 3 is 2.94 bits per heavy atom. The highest BCUT2D eigenvalue weighted by atomic mass is 32.2. The number of fused-ring (bicyclic) bond motifs is 1. The second-order valence-electron chi connectivity index (χ2n) is 3.75. The zero-order chi connectivity index (χ0) is 11.7. The highest BCUT2D eigenvalue weighted by Gasteiger charge is 2.17. The zero-order valence-corrected chi connectivity index (χ0v) is 10.00. The molecule has 0 bridgehead atoms. The molecule has 0 atom stereocenters. The fraction of sp³-hybridized carbons (Fsp3) is 0.444. The van der Waals surface area contributed by atoms with E-state index in [-0.39, 0.29) is 0 Å². The monoisotopic (exact) mass is 251 g/mol. The number of nitrogen functional groups attached to an aromatic ring is 1. The van der Waals surface area contributed by atoms with E-state index in [1.54, 1.807) is 6.20 Å². The Labute approximate surface area is 102 Å². The van der Waals surface area contributed by atoms with Crippen LogP contribution in [0.4, 0.5) is 11.8 Å². The molecule has 90 valence electrons. The smallest absolute Gasteiger partial charge is 0.241 e. The van der Waals surface area contributed by atoms with Crippen molar-refractivity contribution in [1.29, 1.82) is 0 Å². The predicted molar refractivity (Wildman–Crippen MR) is 69.0 cm³/mol. The van der Waals surface area contributed by atoms with Gasteiger partial charge in [-0.15, -0.1) is 0 Å². The van der Waals surface area contributed by atoms with E-state index < -0.39 is 0 Å². The molecule has 0 unspecified atom stereocenters. The van der Waals surface area contributed by atoms with Gasteiger partial charge in [0.1, 0.15) is 5.82 Å². The van der Waals surface area contributed by atoms with Crippen LogP contribution in [0.1, 0.15) is 0 Å². The summed E-state index contributed by atoms with van der Waals surface area (Å²) < 4.78 is 0. The summed E-state index contributed by atoms with van der Waals surface area (Å²) in [5.41, 5.74) is 3.20. The van der Waals surface area contributed by atoms with Gasteiger partial charge in [0.15, 0.2) is 5.65 Å². The molecule has 3 rings (SSSR count). The van der Waals surface area contributed by atoms with Gasteiger partial charge < -0.3 is 4.90 Å². The van der Waals surface area contributed by atoms with E-state index >= 15 is 0 Å². The van der Waals surface area contributed by atoms with Crippen molar-refractivity contribution in [3.8, 4) is 0 Å². The highest BCUT2D eigenvalue weighted by molar-refractivity contribution is 7.99. The number of nitrogens with zero attached hydrogens (tertiary/aromatic N) is 4. The van der Waals surface area contributed by atoms with Crippen LogP contribution in [0.5, 0.6) is 0 Å². The minimum atomic E-state index is 0.412. The third kappa shape index (κ3) is 1.89. The molecule has 2 aromatic rings. The largest absolute Gasteiger partial charge is 0.354 e. The summed E-state index contributed by atoms with van der Waals surface area (Å²) in [6, 6.07) is 0. The minimum absolute atomic E-state index is 0.412. The fourth-order valence-corrected chi connectivity index (χ4v) is 2.80. The van der Waals surface area contributed by atoms with Gasteiger partial charge in [-0.1, -0.05) is 0 Å². The number of nitrogens with two attached hydrogens (primary N) is 1. The number of aromatic amines is 1. The van der Waals surface area contributed by atoms with Crippen LogP contribution in [-0.2, 0) is 0 Å². The van der Waals surface area contributed by atoms with Crippen LogP contribution in [-0.4, -0.2) is 44.8 Å². The quantitative estimate of drug-likeness (QED) is 0.518. The summed E-state index contributed by atoms with van der Waals surface area (Å²) >= 11 is 1.96. The number of hydrazine groups is 1. The van der Waals surface area contributed by atoms with Crippen LogP contribution in [0, 0.1) is 0 Å². The molecule has 3 heterocycles. The molecule has 0 aliphatic carbocycles. The van der Waals surface area contributed by atoms with Gasteiger partial charge >= 0.3 is 0 Å². The van der Waals surface area contributed by atoms with Crippen molar-refractivity contribution < 1.29 is 0 Å². The normalized spacial score (nSPS) is 16.4. The van der Waals surface area contributed by atoms with E-state index in [9.17, 15) is 0 Å². The van der Waals surface area contributed by atoms with E-state index in [4.69, 9.17) is 5.84 Å². The maximum Gasteiger partial charge on any atom is 0.241 e. The Balaban J connectivity index is 2.08. The second kappa shape index (κ2) is 4.38. The standard InChI is InChI=1S/C9H13N7S/c10-14-9-12-7-6(5-11-15-7)8(13-9)16-1-3-17-4-2-16/h5H,1-4,10H2,(H2,11,12,13,14,15). The van der Waals surface area contributed by atoms with Crippen molar-refractivity contribution in [2.24, 2.45) is 5.84 Å². The summed E-state index contributed by atoms with van der Waals surface area (Å²) in [5.74, 6) is 8.93. The van der Waals surface area contributed by atoms with Gasteiger partial charge in [0.05, 0.1) is 11.6 Å². The molecule has 17 heavy (non-hydrogen) atoms. The van der Waals surface area contributed by atoms with Crippen molar-refractivity contribution in [1.82, 2.24) is 20.2 Å². The molecule has 4 N–H and O–H groups in total. The minimum Gasteiger partial charge on any atom is -0.354 e. The zero-order valence-electron chi connectivity index (χ0n) is 9.18. The van der Waals surface area contributed by atoms with Crippen molar-refractivity contribution in [3.63, 3.8) is 0 Å². The van der Waals surface area contributed by atoms with Crippen molar-refractivity contribution in [2.45, 2.75) is 0 Å². The first-order valence-corrected chi connectivity index (χ1v) is 6.54. The first-order valence-electron chi connectivity index (χ1n) is 5.39. The molecule has 8 heteroatoms. The molecular formula is C9H13N7S. The molecule has 1 saturated heterocycles. The molecule has 2 aromatic heterocycles. The van der Waals surface area contributed by atoms with Crippen LogP contribution in [0.3, 0.4) is 0 Å². The Bertz CT molecular complexity index is 519. The lowest BCUT2D eigenvalue weighted by atomic mass is 10.3. The maximum absolute atomic E-state index is 5.38. The number of anilines is 2. The summed E-state index contributed by atoms with van der Waals surface area (Å²) in [6.45, 7) is 1.98. The molecule has 0 amide bonds. The molecule has 0 spiro atoms. The summed E-state index contributed by atoms with van der Waals surface area (Å²) in [5, 5.41) is 7.79. The van der Waals surface area contributed by atoms with Crippen molar-refractivity contribution >= 4 is 34.6 Å². The first-order chi connectivity index (χ1) is 8.38. The van der Waals surface area contributed by atoms with E-state index in [0.717, 1.165) is 35.8 Å². The first kappa shape index (κ1) is 10.6. The van der Waals surface area contributed by atoms with Crippen molar-refractivity contribution in [3.05, 3.63) is 6.20 Å². The maximum atomic E-state index is 5.38. The molecule has 1 aliphatic heterocycles. The number of rotatable bonds is 2. The number of nitrogens with one attached hydrogen (secondary N) is 2. The third-order valence-electron chi connectivity index (χ3n) is 2.73. The van der Waals surface area contributed by atoms with Crippen LogP contribution in [0.2, 0.25) is 0 Å². The van der Waals surface area contributed by atoms with E-state index in [1.165, 1.54) is 0 Å². The molecular weight excluding hydrogens is 238 g/mol. The van der Waals surface area contributed by atoms with E-state index in [2.05, 4.69) is 30.5 Å². The van der Waals surface area contributed by atoms with Gasteiger partial charge in [0.25, 0.3) is 0 Å². The van der Waals surface area contributed by atoms with E-state index in [1.807, 2.05) is 11.8 Å². The van der Waals surface area contributed by atoms with E-state index in [0.29, 0.717) is 11.6 Å². The summed E-state index contributed by atoms with van der Waals surface area (Å²) in [4.78, 5) is 10.9. The SMILES string of the molecule is NNc1nc(N2CCSCC2)c2cn[nH]c2n1. The van der Waals surface area contributed by atoms with Gasteiger partial charge in [0, 0.05) is 24.6 Å². The average Bonchev–Trinajstić information content (AvgIpc) is 2.86. The number of hydrogen-bond acceptors (Lipinski definition) is 7. The lowest BCUT2D eigenvalue weighted by molar-refractivity contribution is 0.842. The van der Waals surface area contributed by atoms with Gasteiger partial charge in [0.2, 0.25) is 5.95 Å². The van der Waals surface area contributed by atoms with Gasteiger partial charge in [-0.2, -0.15) is 26.8 Å². The molecule has 0 aromatic carbocycles. The highest BCUT2D eigenvalue weighted by Crippen LogP contribution is 2.25. The Hall–Kier alpha value is -1.54. The predicted octanol–water partition coefficient (Wildman–Crippen LogP) is 0.192. The number of aromatic nitrogens is 4. The lowest BCUT2D eigenvalue weighted by Crippen LogP contribution is -2.33. The lowest BCUT2D eigenvalue weighted by Gasteiger charge is -2.27. The van der Waals surface area contributed by atoms with Crippen LogP contribution in [0.15, 0.2) is 6.20 Å². The van der Waals surface area contributed by atoms with Crippen LogP contribution >= 0.6 is 11.8 Å².